The van der Waals surface area contributed by atoms with Crippen molar-refractivity contribution in [2.75, 3.05) is 6.61 Å². The van der Waals surface area contributed by atoms with E-state index >= 15 is 0 Å². The number of ether oxygens (including phenoxy) is 1. The van der Waals surface area contributed by atoms with Crippen molar-refractivity contribution in [3.8, 4) is 16.9 Å². The molecular formula is C24H21NO3. The molecule has 28 heavy (non-hydrogen) atoms. The van der Waals surface area contributed by atoms with Crippen molar-refractivity contribution in [3.05, 3.63) is 90.1 Å². The zero-order valence-electron chi connectivity index (χ0n) is 15.6. The van der Waals surface area contributed by atoms with Crippen LogP contribution in [0.1, 0.15) is 11.3 Å². The zero-order valence-corrected chi connectivity index (χ0v) is 15.6. The number of aliphatic carboxylic acids is 1. The lowest BCUT2D eigenvalue weighted by atomic mass is 9.99. The number of aromatic nitrogens is 1. The van der Waals surface area contributed by atoms with E-state index in [1.165, 1.54) is 16.7 Å². The van der Waals surface area contributed by atoms with Crippen molar-refractivity contribution in [2.45, 2.75) is 13.5 Å². The molecule has 0 aliphatic rings. The first-order valence-electron chi connectivity index (χ1n) is 9.20. The molecule has 0 aliphatic carbocycles. The van der Waals surface area contributed by atoms with E-state index in [0.29, 0.717) is 5.75 Å². The number of benzene rings is 3. The first-order chi connectivity index (χ1) is 13.6. The molecule has 0 saturated carbocycles. The maximum atomic E-state index is 10.9. The van der Waals surface area contributed by atoms with Gasteiger partial charge in [-0.15, -0.1) is 0 Å². The second kappa shape index (κ2) is 7.61. The van der Waals surface area contributed by atoms with Crippen molar-refractivity contribution in [1.82, 2.24) is 4.57 Å². The second-order valence-electron chi connectivity index (χ2n) is 6.77. The van der Waals surface area contributed by atoms with Gasteiger partial charge in [0.2, 0.25) is 0 Å². The molecule has 0 radical (unpaired) electrons. The van der Waals surface area contributed by atoms with Crippen LogP contribution >= 0.6 is 0 Å². The third-order valence-corrected chi connectivity index (χ3v) is 4.89. The summed E-state index contributed by atoms with van der Waals surface area (Å²) in [6.07, 6.45) is 0. The van der Waals surface area contributed by atoms with Gasteiger partial charge in [0, 0.05) is 17.6 Å². The van der Waals surface area contributed by atoms with E-state index in [1.54, 1.807) is 0 Å². The summed E-state index contributed by atoms with van der Waals surface area (Å²) in [5.74, 6) is -0.386. The van der Waals surface area contributed by atoms with Gasteiger partial charge in [-0.3, -0.25) is 0 Å². The van der Waals surface area contributed by atoms with Crippen LogP contribution < -0.4 is 4.74 Å². The Morgan fingerprint density at radius 3 is 2.50 bits per heavy atom. The summed E-state index contributed by atoms with van der Waals surface area (Å²) in [6.45, 7) is 2.44. The lowest BCUT2D eigenvalue weighted by Gasteiger charge is -2.14. The van der Waals surface area contributed by atoms with Crippen molar-refractivity contribution < 1.29 is 14.6 Å². The van der Waals surface area contributed by atoms with E-state index in [0.717, 1.165) is 23.1 Å². The summed E-state index contributed by atoms with van der Waals surface area (Å²) in [7, 11) is 0. The molecule has 0 fully saturated rings. The molecule has 4 aromatic rings. The fraction of sp³-hybridized carbons (Fsp3) is 0.125. The van der Waals surface area contributed by atoms with E-state index in [1.807, 2.05) is 24.3 Å². The van der Waals surface area contributed by atoms with Crippen molar-refractivity contribution in [3.63, 3.8) is 0 Å². The van der Waals surface area contributed by atoms with Crippen LogP contribution in [0.5, 0.6) is 5.75 Å². The van der Waals surface area contributed by atoms with Crippen LogP contribution in [0.25, 0.3) is 22.0 Å². The average Bonchev–Trinajstić information content (AvgIpc) is 3.03. The van der Waals surface area contributed by atoms with Gasteiger partial charge >= 0.3 is 5.97 Å². The Balaban J connectivity index is 1.75. The van der Waals surface area contributed by atoms with Gasteiger partial charge in [-0.25, -0.2) is 4.79 Å². The van der Waals surface area contributed by atoms with Gasteiger partial charge in [0.25, 0.3) is 0 Å². The van der Waals surface area contributed by atoms with Crippen LogP contribution in [0.15, 0.2) is 78.9 Å². The highest BCUT2D eigenvalue weighted by Gasteiger charge is 2.13. The van der Waals surface area contributed by atoms with Crippen LogP contribution in [0.2, 0.25) is 0 Å². The highest BCUT2D eigenvalue weighted by Crippen LogP contribution is 2.31. The second-order valence-corrected chi connectivity index (χ2v) is 6.77. The van der Waals surface area contributed by atoms with E-state index in [2.05, 4.69) is 66.1 Å². The Morgan fingerprint density at radius 1 is 0.964 bits per heavy atom. The summed E-state index contributed by atoms with van der Waals surface area (Å²) in [5, 5.41) is 9.84. The summed E-state index contributed by atoms with van der Waals surface area (Å²) in [4.78, 5) is 10.9. The Morgan fingerprint density at radius 2 is 1.71 bits per heavy atom. The molecule has 0 saturated heterocycles. The predicted octanol–water partition coefficient (Wildman–Crippen LogP) is 5.13. The maximum absolute atomic E-state index is 10.9. The highest BCUT2D eigenvalue weighted by atomic mass is 16.5. The smallest absolute Gasteiger partial charge is 0.341 e. The minimum absolute atomic E-state index is 0.347. The number of rotatable bonds is 6. The molecular weight excluding hydrogens is 350 g/mol. The number of aryl methyl sites for hydroxylation is 1. The Bertz CT molecular complexity index is 1130. The third kappa shape index (κ3) is 3.49. The molecule has 4 heteroatoms. The van der Waals surface area contributed by atoms with Crippen LogP contribution in [0, 0.1) is 6.92 Å². The van der Waals surface area contributed by atoms with Gasteiger partial charge in [-0.1, -0.05) is 60.7 Å². The maximum Gasteiger partial charge on any atom is 0.341 e. The van der Waals surface area contributed by atoms with Crippen molar-refractivity contribution in [1.29, 1.82) is 0 Å². The minimum atomic E-state index is -0.982. The molecule has 0 unspecified atom stereocenters. The molecule has 4 rings (SSSR count). The number of carbonyl (C=O) groups is 1. The number of nitrogens with zero attached hydrogens (tertiary/aromatic N) is 1. The Labute approximate surface area is 163 Å². The summed E-state index contributed by atoms with van der Waals surface area (Å²) < 4.78 is 7.72. The fourth-order valence-electron chi connectivity index (χ4n) is 3.59. The normalized spacial score (nSPS) is 10.9. The van der Waals surface area contributed by atoms with Crippen LogP contribution in [0.3, 0.4) is 0 Å². The largest absolute Gasteiger partial charge is 0.481 e. The molecule has 0 spiro atoms. The molecule has 140 valence electrons. The molecule has 0 bridgehead atoms. The van der Waals surface area contributed by atoms with Gasteiger partial charge in [0.1, 0.15) is 5.75 Å². The monoisotopic (exact) mass is 371 g/mol. The first kappa shape index (κ1) is 17.9. The molecule has 1 aromatic heterocycles. The zero-order chi connectivity index (χ0) is 19.5. The summed E-state index contributed by atoms with van der Waals surface area (Å²) >= 11 is 0. The highest BCUT2D eigenvalue weighted by molar-refractivity contribution is 5.88. The predicted molar refractivity (Wildman–Crippen MR) is 111 cm³/mol. The van der Waals surface area contributed by atoms with Gasteiger partial charge in [0.05, 0.1) is 5.52 Å². The number of carboxylic acids is 1. The van der Waals surface area contributed by atoms with E-state index in [9.17, 15) is 4.79 Å². The molecule has 1 N–H and O–H groups in total. The van der Waals surface area contributed by atoms with Gasteiger partial charge < -0.3 is 14.4 Å². The Kier molecular flexibility index (Phi) is 4.85. The minimum Gasteiger partial charge on any atom is -0.481 e. The van der Waals surface area contributed by atoms with E-state index in [4.69, 9.17) is 9.84 Å². The molecule has 0 amide bonds. The third-order valence-electron chi connectivity index (χ3n) is 4.89. The summed E-state index contributed by atoms with van der Waals surface area (Å²) in [6, 6.07) is 26.6. The van der Waals surface area contributed by atoms with E-state index < -0.39 is 5.97 Å². The van der Waals surface area contributed by atoms with Crippen molar-refractivity contribution in [2.24, 2.45) is 0 Å². The molecule has 3 aromatic carbocycles. The first-order valence-corrected chi connectivity index (χ1v) is 9.20. The number of hydrogen-bond acceptors (Lipinski definition) is 2. The quantitative estimate of drug-likeness (QED) is 0.511. The van der Waals surface area contributed by atoms with E-state index in [-0.39, 0.29) is 6.61 Å². The summed E-state index contributed by atoms with van der Waals surface area (Å²) in [5.41, 5.74) is 5.76. The number of fused-ring (bicyclic) bond motifs is 1. The van der Waals surface area contributed by atoms with Crippen molar-refractivity contribution >= 4 is 16.9 Å². The molecule has 0 aliphatic heterocycles. The average molecular weight is 371 g/mol. The number of hydrogen-bond donors (Lipinski definition) is 1. The van der Waals surface area contributed by atoms with Crippen LogP contribution in [-0.4, -0.2) is 22.2 Å². The molecule has 1 heterocycles. The SMILES string of the molecule is Cc1cc2c(OCC(=O)O)cccc2n1Cc1ccccc1-c1ccccc1. The molecule has 0 atom stereocenters. The number of carboxylic acid groups (broad SMARTS) is 1. The van der Waals surface area contributed by atoms with Crippen LogP contribution in [-0.2, 0) is 11.3 Å². The lowest BCUT2D eigenvalue weighted by Crippen LogP contribution is -2.09. The molecule has 4 nitrogen and oxygen atoms in total. The van der Waals surface area contributed by atoms with Gasteiger partial charge in [-0.05, 0) is 41.8 Å². The van der Waals surface area contributed by atoms with Crippen LogP contribution in [0.4, 0.5) is 0 Å². The topological polar surface area (TPSA) is 51.5 Å². The van der Waals surface area contributed by atoms with Gasteiger partial charge in [-0.2, -0.15) is 0 Å². The lowest BCUT2D eigenvalue weighted by molar-refractivity contribution is -0.139. The fourth-order valence-corrected chi connectivity index (χ4v) is 3.59. The van der Waals surface area contributed by atoms with Gasteiger partial charge in [0.15, 0.2) is 6.61 Å². The standard InChI is InChI=1S/C24H21NO3/c1-17-14-21-22(12-7-13-23(21)28-16-24(26)27)25(17)15-19-10-5-6-11-20(19)18-8-3-2-4-9-18/h2-14H,15-16H2,1H3,(H,26,27). The Hall–Kier alpha value is -3.53.